The summed E-state index contributed by atoms with van der Waals surface area (Å²) in [4.78, 5) is 0.102. The van der Waals surface area contributed by atoms with Gasteiger partial charge in [0.1, 0.15) is 10.6 Å². The molecule has 0 amide bonds. The van der Waals surface area contributed by atoms with Crippen molar-refractivity contribution < 1.29 is 17.9 Å². The van der Waals surface area contributed by atoms with Crippen molar-refractivity contribution in [1.82, 2.24) is 4.31 Å². The maximum absolute atomic E-state index is 12.9. The molecule has 7 heteroatoms. The summed E-state index contributed by atoms with van der Waals surface area (Å²) in [6.45, 7) is 2.72. The Morgan fingerprint density at radius 1 is 1.33 bits per heavy atom. The van der Waals surface area contributed by atoms with Crippen molar-refractivity contribution in [2.24, 2.45) is 0 Å². The summed E-state index contributed by atoms with van der Waals surface area (Å²) in [5, 5.41) is 0. The second-order valence-electron chi connectivity index (χ2n) is 5.51. The minimum absolute atomic E-state index is 0.102. The second-order valence-corrected chi connectivity index (χ2v) is 7.41. The first-order chi connectivity index (χ1) is 9.82. The van der Waals surface area contributed by atoms with Gasteiger partial charge >= 0.3 is 0 Å². The minimum atomic E-state index is -3.66. The molecule has 1 aliphatic heterocycles. The molecule has 0 aliphatic carbocycles. The lowest BCUT2D eigenvalue weighted by Gasteiger charge is -2.38. The zero-order chi connectivity index (χ0) is 15.7. The van der Waals surface area contributed by atoms with Gasteiger partial charge in [-0.2, -0.15) is 4.31 Å². The Balaban J connectivity index is 2.40. The van der Waals surface area contributed by atoms with Crippen molar-refractivity contribution in [2.75, 3.05) is 33.0 Å². The van der Waals surface area contributed by atoms with Crippen LogP contribution in [0.3, 0.4) is 0 Å². The van der Waals surface area contributed by atoms with Crippen LogP contribution in [0.25, 0.3) is 0 Å². The highest BCUT2D eigenvalue weighted by atomic mass is 32.2. The van der Waals surface area contributed by atoms with E-state index in [0.29, 0.717) is 24.5 Å². The molecule has 1 atom stereocenters. The zero-order valence-electron chi connectivity index (χ0n) is 12.6. The highest BCUT2D eigenvalue weighted by Gasteiger charge is 2.38. The highest BCUT2D eigenvalue weighted by molar-refractivity contribution is 7.89. The largest absolute Gasteiger partial charge is 0.495 e. The number of nitrogens with two attached hydrogens (primary N) is 1. The van der Waals surface area contributed by atoms with Gasteiger partial charge in [0.25, 0.3) is 0 Å². The minimum Gasteiger partial charge on any atom is -0.495 e. The van der Waals surface area contributed by atoms with Crippen LogP contribution in [0.2, 0.25) is 0 Å². The molecule has 0 radical (unpaired) electrons. The number of hydrogen-bond donors (Lipinski definition) is 1. The van der Waals surface area contributed by atoms with Gasteiger partial charge in [-0.05, 0) is 38.0 Å². The van der Waals surface area contributed by atoms with Crippen molar-refractivity contribution in [3.63, 3.8) is 0 Å². The molecule has 1 aromatic carbocycles. The standard InChI is InChI=1S/C14H22N2O4S/c1-14(20-3)7-4-8-16(10-14)21(17,18)13-9-11(15)5-6-12(13)19-2/h5-6,9H,4,7-8,10,15H2,1-3H3. The summed E-state index contributed by atoms with van der Waals surface area (Å²) >= 11 is 0. The third-order valence-corrected chi connectivity index (χ3v) is 5.79. The van der Waals surface area contributed by atoms with Gasteiger partial charge in [-0.3, -0.25) is 0 Å². The number of ether oxygens (including phenoxy) is 2. The molecule has 1 saturated heterocycles. The van der Waals surface area contributed by atoms with Gasteiger partial charge < -0.3 is 15.2 Å². The van der Waals surface area contributed by atoms with E-state index < -0.39 is 15.6 Å². The molecule has 1 heterocycles. The highest BCUT2D eigenvalue weighted by Crippen LogP contribution is 2.33. The molecule has 6 nitrogen and oxygen atoms in total. The molecule has 1 aromatic rings. The summed E-state index contributed by atoms with van der Waals surface area (Å²) in [6.07, 6.45) is 1.60. The first kappa shape index (κ1) is 16.1. The molecule has 1 aliphatic rings. The van der Waals surface area contributed by atoms with Crippen LogP contribution >= 0.6 is 0 Å². The van der Waals surface area contributed by atoms with E-state index in [0.717, 1.165) is 12.8 Å². The number of nitrogen functional groups attached to an aromatic ring is 1. The number of sulfonamides is 1. The fourth-order valence-electron chi connectivity index (χ4n) is 2.57. The summed E-state index contributed by atoms with van der Waals surface area (Å²) in [5.74, 6) is 0.300. The Morgan fingerprint density at radius 3 is 2.67 bits per heavy atom. The molecule has 0 bridgehead atoms. The van der Waals surface area contributed by atoms with Crippen LogP contribution < -0.4 is 10.5 Å². The van der Waals surface area contributed by atoms with Crippen LogP contribution in [0.15, 0.2) is 23.1 Å². The number of anilines is 1. The summed E-state index contributed by atoms with van der Waals surface area (Å²) in [6, 6.07) is 4.63. The Hall–Kier alpha value is -1.31. The number of hydrogen-bond acceptors (Lipinski definition) is 5. The first-order valence-corrected chi connectivity index (χ1v) is 8.25. The summed E-state index contributed by atoms with van der Waals surface area (Å²) < 4.78 is 37.8. The summed E-state index contributed by atoms with van der Waals surface area (Å²) in [7, 11) is -0.607. The van der Waals surface area contributed by atoms with Crippen molar-refractivity contribution >= 4 is 15.7 Å². The number of piperidine rings is 1. The van der Waals surface area contributed by atoms with Gasteiger partial charge in [0.15, 0.2) is 0 Å². The molecule has 0 spiro atoms. The fourth-order valence-corrected chi connectivity index (χ4v) is 4.35. The number of rotatable bonds is 4. The summed E-state index contributed by atoms with van der Waals surface area (Å²) in [5.41, 5.74) is 5.65. The fraction of sp³-hybridized carbons (Fsp3) is 0.571. The normalized spacial score (nSPS) is 24.0. The smallest absolute Gasteiger partial charge is 0.246 e. The quantitative estimate of drug-likeness (QED) is 0.851. The lowest BCUT2D eigenvalue weighted by atomic mass is 9.96. The van der Waals surface area contributed by atoms with Crippen molar-refractivity contribution in [3.8, 4) is 5.75 Å². The average molecular weight is 314 g/mol. The van der Waals surface area contributed by atoms with E-state index in [4.69, 9.17) is 15.2 Å². The van der Waals surface area contributed by atoms with Gasteiger partial charge in [-0.15, -0.1) is 0 Å². The van der Waals surface area contributed by atoms with Crippen LogP contribution in [0.1, 0.15) is 19.8 Å². The monoisotopic (exact) mass is 314 g/mol. The van der Waals surface area contributed by atoms with E-state index in [1.807, 2.05) is 6.92 Å². The van der Waals surface area contributed by atoms with Gasteiger partial charge in [0.05, 0.1) is 12.7 Å². The molecule has 0 aromatic heterocycles. The predicted molar refractivity (Wildman–Crippen MR) is 80.8 cm³/mol. The second kappa shape index (κ2) is 5.82. The molecule has 2 N–H and O–H groups in total. The number of benzene rings is 1. The SMILES string of the molecule is COc1ccc(N)cc1S(=O)(=O)N1CCCC(C)(OC)C1. The molecule has 2 rings (SSSR count). The first-order valence-electron chi connectivity index (χ1n) is 6.81. The van der Waals surface area contributed by atoms with Gasteiger partial charge in [0.2, 0.25) is 10.0 Å². The van der Waals surface area contributed by atoms with Crippen LogP contribution in [-0.2, 0) is 14.8 Å². The van der Waals surface area contributed by atoms with E-state index in [2.05, 4.69) is 0 Å². The average Bonchev–Trinajstić information content (AvgIpc) is 2.47. The maximum Gasteiger partial charge on any atom is 0.246 e. The lowest BCUT2D eigenvalue weighted by molar-refractivity contribution is -0.0319. The zero-order valence-corrected chi connectivity index (χ0v) is 13.4. The van der Waals surface area contributed by atoms with E-state index in [9.17, 15) is 8.42 Å². The Bertz CT molecular complexity index is 617. The Labute approximate surface area is 125 Å². The molecule has 1 unspecified atom stereocenters. The van der Waals surface area contributed by atoms with Gasteiger partial charge in [0, 0.05) is 25.9 Å². The number of nitrogens with zero attached hydrogens (tertiary/aromatic N) is 1. The third kappa shape index (κ3) is 3.14. The molecular weight excluding hydrogens is 292 g/mol. The van der Waals surface area contributed by atoms with Crippen LogP contribution in [0.5, 0.6) is 5.75 Å². The molecule has 0 saturated carbocycles. The lowest BCUT2D eigenvalue weighted by Crippen LogP contribution is -2.49. The van der Waals surface area contributed by atoms with Crippen LogP contribution in [0.4, 0.5) is 5.69 Å². The van der Waals surface area contributed by atoms with Crippen LogP contribution in [0, 0.1) is 0 Å². The molecular formula is C14H22N2O4S. The van der Waals surface area contributed by atoms with Gasteiger partial charge in [-0.25, -0.2) is 8.42 Å². The van der Waals surface area contributed by atoms with E-state index in [1.165, 1.54) is 17.5 Å². The van der Waals surface area contributed by atoms with E-state index in [1.54, 1.807) is 19.2 Å². The van der Waals surface area contributed by atoms with E-state index >= 15 is 0 Å². The number of methoxy groups -OCH3 is 2. The topological polar surface area (TPSA) is 81.9 Å². The molecule has 21 heavy (non-hydrogen) atoms. The van der Waals surface area contributed by atoms with Crippen LogP contribution in [-0.4, -0.2) is 45.6 Å². The predicted octanol–water partition coefficient (Wildman–Crippen LogP) is 1.47. The van der Waals surface area contributed by atoms with Gasteiger partial charge in [-0.1, -0.05) is 0 Å². The van der Waals surface area contributed by atoms with Crippen molar-refractivity contribution in [3.05, 3.63) is 18.2 Å². The molecule has 1 fully saturated rings. The third-order valence-electron chi connectivity index (χ3n) is 3.92. The van der Waals surface area contributed by atoms with Crippen molar-refractivity contribution in [1.29, 1.82) is 0 Å². The molecule has 118 valence electrons. The Kier molecular flexibility index (Phi) is 4.46. The Morgan fingerprint density at radius 2 is 2.05 bits per heavy atom. The van der Waals surface area contributed by atoms with E-state index in [-0.39, 0.29) is 4.90 Å². The maximum atomic E-state index is 12.9. The van der Waals surface area contributed by atoms with Crippen molar-refractivity contribution in [2.45, 2.75) is 30.3 Å².